The van der Waals surface area contributed by atoms with Gasteiger partial charge in [0.2, 0.25) is 0 Å². The summed E-state index contributed by atoms with van der Waals surface area (Å²) in [5.74, 6) is 1.03. The van der Waals surface area contributed by atoms with Crippen LogP contribution < -0.4 is 5.32 Å². The molecule has 2 aliphatic rings. The fourth-order valence-electron chi connectivity index (χ4n) is 3.48. The van der Waals surface area contributed by atoms with Gasteiger partial charge in [0.15, 0.2) is 0 Å². The molecule has 24 heavy (non-hydrogen) atoms. The van der Waals surface area contributed by atoms with Crippen molar-refractivity contribution < 1.29 is 4.79 Å². The van der Waals surface area contributed by atoms with Crippen molar-refractivity contribution in [3.8, 4) is 0 Å². The van der Waals surface area contributed by atoms with Crippen LogP contribution in [0.4, 0.5) is 0 Å². The minimum absolute atomic E-state index is 0.114. The van der Waals surface area contributed by atoms with Gasteiger partial charge >= 0.3 is 0 Å². The van der Waals surface area contributed by atoms with Crippen LogP contribution >= 0.6 is 11.3 Å². The Morgan fingerprint density at radius 2 is 2.33 bits per heavy atom. The summed E-state index contributed by atoms with van der Waals surface area (Å²) in [4.78, 5) is 25.1. The topological polar surface area (TPSA) is 58.1 Å². The maximum absolute atomic E-state index is 12.6. The third-order valence-electron chi connectivity index (χ3n) is 4.84. The van der Waals surface area contributed by atoms with Crippen molar-refractivity contribution in [1.82, 2.24) is 20.2 Å². The summed E-state index contributed by atoms with van der Waals surface area (Å²) in [7, 11) is 0. The summed E-state index contributed by atoms with van der Waals surface area (Å²) in [5.41, 5.74) is 2.99. The summed E-state index contributed by atoms with van der Waals surface area (Å²) < 4.78 is 0. The van der Waals surface area contributed by atoms with Gasteiger partial charge < -0.3 is 10.2 Å². The first-order valence-electron chi connectivity index (χ1n) is 8.63. The summed E-state index contributed by atoms with van der Waals surface area (Å²) in [6.07, 6.45) is 6.32. The van der Waals surface area contributed by atoms with Gasteiger partial charge in [0, 0.05) is 41.5 Å². The number of nitrogens with one attached hydrogen (secondary N) is 1. The van der Waals surface area contributed by atoms with Crippen LogP contribution in [0.3, 0.4) is 0 Å². The number of rotatable bonds is 2. The molecule has 1 N–H and O–H groups in total. The van der Waals surface area contributed by atoms with Gasteiger partial charge in [0.1, 0.15) is 5.82 Å². The van der Waals surface area contributed by atoms with Gasteiger partial charge in [-0.1, -0.05) is 6.42 Å². The van der Waals surface area contributed by atoms with Crippen LogP contribution in [-0.2, 0) is 13.0 Å². The summed E-state index contributed by atoms with van der Waals surface area (Å²) in [5, 5.41) is 5.45. The number of fused-ring (bicyclic) bond motifs is 1. The quantitative estimate of drug-likeness (QED) is 0.912. The van der Waals surface area contributed by atoms with E-state index in [0.29, 0.717) is 6.54 Å². The highest BCUT2D eigenvalue weighted by Crippen LogP contribution is 2.24. The first-order valence-corrected chi connectivity index (χ1v) is 9.51. The molecule has 1 fully saturated rings. The van der Waals surface area contributed by atoms with Crippen LogP contribution in [0.1, 0.15) is 57.6 Å². The third kappa shape index (κ3) is 3.08. The molecule has 0 radical (unpaired) electrons. The number of hydrogen-bond donors (Lipinski definition) is 1. The lowest BCUT2D eigenvalue weighted by Gasteiger charge is -2.29. The first-order chi connectivity index (χ1) is 11.7. The van der Waals surface area contributed by atoms with Crippen LogP contribution in [0.5, 0.6) is 0 Å². The van der Waals surface area contributed by atoms with Gasteiger partial charge in [-0.25, -0.2) is 9.97 Å². The van der Waals surface area contributed by atoms with Crippen molar-refractivity contribution >= 4 is 17.2 Å². The van der Waals surface area contributed by atoms with E-state index in [9.17, 15) is 4.79 Å². The van der Waals surface area contributed by atoms with Gasteiger partial charge in [0.05, 0.1) is 17.3 Å². The Bertz CT molecular complexity index is 751. The van der Waals surface area contributed by atoms with Crippen molar-refractivity contribution in [3.05, 3.63) is 45.2 Å². The van der Waals surface area contributed by atoms with E-state index in [2.05, 4.69) is 10.3 Å². The molecule has 5 nitrogen and oxygen atoms in total. The lowest BCUT2D eigenvalue weighted by atomic mass is 10.0. The molecule has 4 heterocycles. The molecule has 0 saturated carbocycles. The first kappa shape index (κ1) is 15.7. The Labute approximate surface area is 146 Å². The Hall–Kier alpha value is -1.79. The van der Waals surface area contributed by atoms with E-state index in [4.69, 9.17) is 4.98 Å². The molecule has 2 aliphatic heterocycles. The molecule has 2 aromatic heterocycles. The zero-order chi connectivity index (χ0) is 16.5. The fraction of sp³-hybridized carbons (Fsp3) is 0.500. The minimum atomic E-state index is 0.114. The Morgan fingerprint density at radius 3 is 3.08 bits per heavy atom. The predicted molar refractivity (Wildman–Crippen MR) is 94.1 cm³/mol. The molecule has 0 aromatic carbocycles. The molecule has 6 heteroatoms. The maximum atomic E-state index is 12.6. The van der Waals surface area contributed by atoms with Crippen LogP contribution in [0.25, 0.3) is 0 Å². The summed E-state index contributed by atoms with van der Waals surface area (Å²) in [6, 6.07) is 2.26. The van der Waals surface area contributed by atoms with Gasteiger partial charge in [0.25, 0.3) is 5.91 Å². The van der Waals surface area contributed by atoms with Gasteiger partial charge in [-0.15, -0.1) is 11.3 Å². The number of aromatic nitrogens is 2. The van der Waals surface area contributed by atoms with Crippen LogP contribution in [-0.4, -0.2) is 33.9 Å². The third-order valence-corrected chi connectivity index (χ3v) is 5.70. The zero-order valence-corrected chi connectivity index (χ0v) is 14.7. The van der Waals surface area contributed by atoms with E-state index in [-0.39, 0.29) is 11.9 Å². The van der Waals surface area contributed by atoms with Crippen LogP contribution in [0, 0.1) is 6.92 Å². The predicted octanol–water partition coefficient (Wildman–Crippen LogP) is 2.86. The average Bonchev–Trinajstić information content (AvgIpc) is 3.07. The lowest BCUT2D eigenvalue weighted by Crippen LogP contribution is -2.37. The molecule has 0 unspecified atom stereocenters. The lowest BCUT2D eigenvalue weighted by molar-refractivity contribution is 0.0733. The summed E-state index contributed by atoms with van der Waals surface area (Å²) >= 11 is 1.62. The zero-order valence-electron chi connectivity index (χ0n) is 13.9. The molecular formula is C18H22N4OS. The van der Waals surface area contributed by atoms with Crippen molar-refractivity contribution in [1.29, 1.82) is 0 Å². The SMILES string of the molecule is Cc1cc(C(=O)N2CCc3nc([C@@H]4CCCCN4)ncc3C2)cs1. The highest BCUT2D eigenvalue weighted by Gasteiger charge is 2.25. The van der Waals surface area contributed by atoms with Gasteiger partial charge in [-0.3, -0.25) is 4.79 Å². The molecule has 2 aromatic rings. The fourth-order valence-corrected chi connectivity index (χ4v) is 4.16. The summed E-state index contributed by atoms with van der Waals surface area (Å²) in [6.45, 7) is 4.42. The highest BCUT2D eigenvalue weighted by molar-refractivity contribution is 7.10. The molecule has 1 saturated heterocycles. The van der Waals surface area contributed by atoms with E-state index >= 15 is 0 Å². The molecule has 0 aliphatic carbocycles. The van der Waals surface area contributed by atoms with E-state index in [1.54, 1.807) is 11.3 Å². The molecule has 1 atom stereocenters. The number of hydrogen-bond acceptors (Lipinski definition) is 5. The van der Waals surface area contributed by atoms with Gasteiger partial charge in [-0.05, 0) is 32.4 Å². The van der Waals surface area contributed by atoms with E-state index in [0.717, 1.165) is 48.6 Å². The van der Waals surface area contributed by atoms with Crippen LogP contribution in [0.15, 0.2) is 17.6 Å². The Morgan fingerprint density at radius 1 is 1.42 bits per heavy atom. The van der Waals surface area contributed by atoms with Crippen molar-refractivity contribution in [2.24, 2.45) is 0 Å². The maximum Gasteiger partial charge on any atom is 0.255 e. The number of carbonyl (C=O) groups excluding carboxylic acids is 1. The van der Waals surface area contributed by atoms with Crippen LogP contribution in [0.2, 0.25) is 0 Å². The normalized spacial score (nSPS) is 20.7. The second-order valence-electron chi connectivity index (χ2n) is 6.63. The number of piperidine rings is 1. The standard InChI is InChI=1S/C18H22N4OS/c1-12-8-13(11-24-12)18(23)22-7-5-15-14(10-22)9-20-17(21-15)16-4-2-3-6-19-16/h8-9,11,16,19H,2-7,10H2,1H3/t16-/m0/s1. The van der Waals surface area contributed by atoms with Crippen molar-refractivity contribution in [3.63, 3.8) is 0 Å². The number of nitrogens with zero attached hydrogens (tertiary/aromatic N) is 3. The van der Waals surface area contributed by atoms with E-state index in [1.165, 1.54) is 17.7 Å². The minimum Gasteiger partial charge on any atom is -0.334 e. The number of thiophene rings is 1. The smallest absolute Gasteiger partial charge is 0.255 e. The monoisotopic (exact) mass is 342 g/mol. The van der Waals surface area contributed by atoms with Gasteiger partial charge in [-0.2, -0.15) is 0 Å². The average molecular weight is 342 g/mol. The largest absolute Gasteiger partial charge is 0.334 e. The molecule has 0 bridgehead atoms. The number of carbonyl (C=O) groups is 1. The molecular weight excluding hydrogens is 320 g/mol. The highest BCUT2D eigenvalue weighted by atomic mass is 32.1. The second kappa shape index (κ2) is 6.61. The second-order valence-corrected chi connectivity index (χ2v) is 7.74. The van der Waals surface area contributed by atoms with E-state index in [1.807, 2.05) is 29.5 Å². The van der Waals surface area contributed by atoms with E-state index < -0.39 is 0 Å². The molecule has 126 valence electrons. The molecule has 4 rings (SSSR count). The van der Waals surface area contributed by atoms with Crippen molar-refractivity contribution in [2.45, 2.75) is 45.2 Å². The molecule has 0 spiro atoms. The Balaban J connectivity index is 1.50. The number of aryl methyl sites for hydroxylation is 1. The Kier molecular flexibility index (Phi) is 4.33. The van der Waals surface area contributed by atoms with Crippen molar-refractivity contribution in [2.75, 3.05) is 13.1 Å². The number of amides is 1. The molecule has 1 amide bonds.